The Morgan fingerprint density at radius 2 is 2.08 bits per heavy atom. The van der Waals surface area contributed by atoms with Crippen LogP contribution in [0.1, 0.15) is 46.0 Å². The summed E-state index contributed by atoms with van der Waals surface area (Å²) in [5, 5.41) is 0. The lowest BCUT2D eigenvalue weighted by Crippen LogP contribution is -2.47. The van der Waals surface area contributed by atoms with Crippen molar-refractivity contribution in [1.82, 2.24) is 4.90 Å². The molecule has 0 spiro atoms. The minimum Gasteiger partial charge on any atom is -0.327 e. The van der Waals surface area contributed by atoms with Crippen molar-refractivity contribution >= 4 is 0 Å². The van der Waals surface area contributed by atoms with Gasteiger partial charge in [0.25, 0.3) is 0 Å². The molecule has 0 amide bonds. The van der Waals surface area contributed by atoms with Crippen LogP contribution in [0.5, 0.6) is 0 Å². The van der Waals surface area contributed by atoms with Crippen LogP contribution in [0.15, 0.2) is 0 Å². The molecule has 78 valence electrons. The van der Waals surface area contributed by atoms with E-state index in [0.717, 1.165) is 12.6 Å². The van der Waals surface area contributed by atoms with Gasteiger partial charge in [-0.05, 0) is 32.7 Å². The molecule has 2 N–H and O–H groups in total. The summed E-state index contributed by atoms with van der Waals surface area (Å²) in [6.45, 7) is 6.96. The second-order valence-electron chi connectivity index (χ2n) is 4.39. The molecule has 0 aromatic rings. The van der Waals surface area contributed by atoms with E-state index in [4.69, 9.17) is 5.73 Å². The fourth-order valence-electron chi connectivity index (χ4n) is 2.09. The second kappa shape index (κ2) is 5.61. The van der Waals surface area contributed by atoms with E-state index in [2.05, 4.69) is 18.7 Å². The van der Waals surface area contributed by atoms with Crippen molar-refractivity contribution in [2.45, 2.75) is 58.0 Å². The lowest BCUT2D eigenvalue weighted by Gasteiger charge is -2.36. The number of unbranched alkanes of at least 4 members (excludes halogenated alkanes) is 2. The fraction of sp³-hybridized carbons (Fsp3) is 1.00. The first kappa shape index (κ1) is 11.0. The molecule has 2 nitrogen and oxygen atoms in total. The molecule has 1 heterocycles. The Balaban J connectivity index is 2.21. The van der Waals surface area contributed by atoms with Gasteiger partial charge in [0.1, 0.15) is 0 Å². The van der Waals surface area contributed by atoms with Crippen LogP contribution in [0.4, 0.5) is 0 Å². The lowest BCUT2D eigenvalue weighted by molar-refractivity contribution is 0.143. The molecule has 0 radical (unpaired) electrons. The van der Waals surface area contributed by atoms with Gasteiger partial charge in [0.05, 0.1) is 0 Å². The molecule has 2 heteroatoms. The summed E-state index contributed by atoms with van der Waals surface area (Å²) in [4.78, 5) is 2.56. The van der Waals surface area contributed by atoms with Crippen LogP contribution in [-0.4, -0.2) is 30.1 Å². The molecular formula is C11H24N2. The van der Waals surface area contributed by atoms with Crippen LogP contribution in [0.2, 0.25) is 0 Å². The summed E-state index contributed by atoms with van der Waals surface area (Å²) >= 11 is 0. The maximum Gasteiger partial charge on any atom is 0.0168 e. The molecular weight excluding hydrogens is 160 g/mol. The number of nitrogens with two attached hydrogens (primary N) is 1. The van der Waals surface area contributed by atoms with Crippen molar-refractivity contribution in [3.05, 3.63) is 0 Å². The summed E-state index contributed by atoms with van der Waals surface area (Å²) in [6, 6.07) is 1.19. The van der Waals surface area contributed by atoms with Crippen LogP contribution in [-0.2, 0) is 0 Å². The smallest absolute Gasteiger partial charge is 0.0168 e. The Kier molecular flexibility index (Phi) is 4.74. The Labute approximate surface area is 82.5 Å². The predicted octanol–water partition coefficient (Wildman–Crippen LogP) is 1.99. The normalized spacial score (nSPS) is 30.7. The van der Waals surface area contributed by atoms with Crippen LogP contribution in [0, 0.1) is 0 Å². The summed E-state index contributed by atoms with van der Waals surface area (Å²) in [5.41, 5.74) is 5.95. The molecule has 1 rings (SSSR count). The van der Waals surface area contributed by atoms with Crippen molar-refractivity contribution in [3.63, 3.8) is 0 Å². The number of nitrogens with zero attached hydrogens (tertiary/aromatic N) is 1. The molecule has 13 heavy (non-hydrogen) atoms. The third-order valence-electron chi connectivity index (χ3n) is 3.10. The Morgan fingerprint density at radius 1 is 1.31 bits per heavy atom. The minimum absolute atomic E-state index is 0.429. The average molecular weight is 184 g/mol. The van der Waals surface area contributed by atoms with Gasteiger partial charge in [0.2, 0.25) is 0 Å². The highest BCUT2D eigenvalue weighted by Crippen LogP contribution is 2.16. The zero-order valence-corrected chi connectivity index (χ0v) is 9.13. The summed E-state index contributed by atoms with van der Waals surface area (Å²) in [6.07, 6.45) is 6.51. The van der Waals surface area contributed by atoms with E-state index < -0.39 is 0 Å². The number of likely N-dealkylation sites (tertiary alicyclic amines) is 1. The first-order valence-corrected chi connectivity index (χ1v) is 5.73. The van der Waals surface area contributed by atoms with Gasteiger partial charge < -0.3 is 5.73 Å². The summed E-state index contributed by atoms with van der Waals surface area (Å²) in [7, 11) is 0. The Hall–Kier alpha value is -0.0800. The SMILES string of the molecule is CCCCCN1CC(N)CCC1C. The molecule has 0 aliphatic carbocycles. The van der Waals surface area contributed by atoms with E-state index >= 15 is 0 Å². The van der Waals surface area contributed by atoms with Gasteiger partial charge in [0.15, 0.2) is 0 Å². The number of hydrogen-bond donors (Lipinski definition) is 1. The first-order valence-electron chi connectivity index (χ1n) is 5.73. The largest absolute Gasteiger partial charge is 0.327 e. The second-order valence-corrected chi connectivity index (χ2v) is 4.39. The monoisotopic (exact) mass is 184 g/mol. The maximum absolute atomic E-state index is 5.95. The van der Waals surface area contributed by atoms with Crippen molar-refractivity contribution in [2.24, 2.45) is 5.73 Å². The van der Waals surface area contributed by atoms with Gasteiger partial charge in [-0.1, -0.05) is 19.8 Å². The third-order valence-corrected chi connectivity index (χ3v) is 3.10. The van der Waals surface area contributed by atoms with E-state index in [1.165, 1.54) is 38.6 Å². The van der Waals surface area contributed by atoms with Gasteiger partial charge in [-0.3, -0.25) is 4.90 Å². The van der Waals surface area contributed by atoms with Crippen LogP contribution in [0.3, 0.4) is 0 Å². The predicted molar refractivity (Wildman–Crippen MR) is 57.8 cm³/mol. The van der Waals surface area contributed by atoms with Crippen LogP contribution >= 0.6 is 0 Å². The molecule has 0 aromatic heterocycles. The minimum atomic E-state index is 0.429. The quantitative estimate of drug-likeness (QED) is 0.677. The van der Waals surface area contributed by atoms with Gasteiger partial charge >= 0.3 is 0 Å². The van der Waals surface area contributed by atoms with E-state index in [-0.39, 0.29) is 0 Å². The number of piperidine rings is 1. The Morgan fingerprint density at radius 3 is 2.77 bits per heavy atom. The fourth-order valence-corrected chi connectivity index (χ4v) is 2.09. The standard InChI is InChI=1S/C11H24N2/c1-3-4-5-8-13-9-11(12)7-6-10(13)2/h10-11H,3-9,12H2,1-2H3. The van der Waals surface area contributed by atoms with Gasteiger partial charge in [-0.15, -0.1) is 0 Å². The van der Waals surface area contributed by atoms with Crippen molar-refractivity contribution in [2.75, 3.05) is 13.1 Å². The molecule has 0 aromatic carbocycles. The molecule has 0 saturated carbocycles. The van der Waals surface area contributed by atoms with E-state index in [9.17, 15) is 0 Å². The van der Waals surface area contributed by atoms with E-state index in [0.29, 0.717) is 6.04 Å². The molecule has 2 atom stereocenters. The molecule has 1 aliphatic rings. The Bertz CT molecular complexity index is 136. The highest BCUT2D eigenvalue weighted by molar-refractivity contribution is 4.80. The number of rotatable bonds is 4. The van der Waals surface area contributed by atoms with Crippen molar-refractivity contribution < 1.29 is 0 Å². The average Bonchev–Trinajstić information content (AvgIpc) is 2.11. The van der Waals surface area contributed by atoms with E-state index in [1.807, 2.05) is 0 Å². The third kappa shape index (κ3) is 3.65. The molecule has 0 bridgehead atoms. The van der Waals surface area contributed by atoms with Crippen LogP contribution < -0.4 is 5.73 Å². The van der Waals surface area contributed by atoms with Gasteiger partial charge in [0, 0.05) is 18.6 Å². The lowest BCUT2D eigenvalue weighted by atomic mass is 10.00. The van der Waals surface area contributed by atoms with Crippen molar-refractivity contribution in [3.8, 4) is 0 Å². The van der Waals surface area contributed by atoms with E-state index in [1.54, 1.807) is 0 Å². The number of hydrogen-bond acceptors (Lipinski definition) is 2. The van der Waals surface area contributed by atoms with Gasteiger partial charge in [-0.2, -0.15) is 0 Å². The molecule has 1 aliphatic heterocycles. The zero-order chi connectivity index (χ0) is 9.68. The zero-order valence-electron chi connectivity index (χ0n) is 9.13. The molecule has 1 fully saturated rings. The molecule has 1 saturated heterocycles. The summed E-state index contributed by atoms with van der Waals surface area (Å²) < 4.78 is 0. The van der Waals surface area contributed by atoms with Crippen molar-refractivity contribution in [1.29, 1.82) is 0 Å². The maximum atomic E-state index is 5.95. The topological polar surface area (TPSA) is 29.3 Å². The summed E-state index contributed by atoms with van der Waals surface area (Å²) in [5.74, 6) is 0. The van der Waals surface area contributed by atoms with Gasteiger partial charge in [-0.25, -0.2) is 0 Å². The van der Waals surface area contributed by atoms with Crippen LogP contribution in [0.25, 0.3) is 0 Å². The highest BCUT2D eigenvalue weighted by atomic mass is 15.2. The molecule has 2 unspecified atom stereocenters. The highest BCUT2D eigenvalue weighted by Gasteiger charge is 2.21. The first-order chi connectivity index (χ1) is 6.24.